The van der Waals surface area contributed by atoms with E-state index in [0.717, 1.165) is 25.9 Å². The second kappa shape index (κ2) is 8.71. The van der Waals surface area contributed by atoms with E-state index in [1.165, 1.54) is 0 Å². The van der Waals surface area contributed by atoms with Crippen molar-refractivity contribution in [1.29, 1.82) is 0 Å². The molecule has 21 heavy (non-hydrogen) atoms. The van der Waals surface area contributed by atoms with Crippen molar-refractivity contribution >= 4 is 5.91 Å². The molecular weight excluding hydrogens is 274 g/mol. The molecule has 0 atom stereocenters. The summed E-state index contributed by atoms with van der Waals surface area (Å²) in [6, 6.07) is 0.331. The average molecular weight is 297 g/mol. The highest BCUT2D eigenvalue weighted by Gasteiger charge is 2.18. The van der Waals surface area contributed by atoms with Crippen LogP contribution in [-0.4, -0.2) is 67.5 Å². The zero-order chi connectivity index (χ0) is 14.9. The fourth-order valence-electron chi connectivity index (χ4n) is 2.20. The van der Waals surface area contributed by atoms with Gasteiger partial charge >= 0.3 is 0 Å². The van der Waals surface area contributed by atoms with Crippen LogP contribution in [-0.2, 0) is 9.47 Å². The molecule has 0 unspecified atom stereocenters. The van der Waals surface area contributed by atoms with Gasteiger partial charge in [-0.25, -0.2) is 4.68 Å². The maximum atomic E-state index is 11.9. The van der Waals surface area contributed by atoms with Crippen LogP contribution in [0.1, 0.15) is 29.4 Å². The van der Waals surface area contributed by atoms with Gasteiger partial charge in [-0.1, -0.05) is 5.21 Å². The van der Waals surface area contributed by atoms with Crippen molar-refractivity contribution in [3.8, 4) is 0 Å². The average Bonchev–Trinajstić information content (AvgIpc) is 3.01. The molecule has 0 aliphatic carbocycles. The smallest absolute Gasteiger partial charge is 0.273 e. The number of carbonyl (C=O) groups is 1. The fourth-order valence-corrected chi connectivity index (χ4v) is 2.20. The van der Waals surface area contributed by atoms with Gasteiger partial charge in [-0.15, -0.1) is 5.10 Å². The van der Waals surface area contributed by atoms with Crippen molar-refractivity contribution < 1.29 is 14.3 Å². The minimum absolute atomic E-state index is 0.217. The summed E-state index contributed by atoms with van der Waals surface area (Å²) in [4.78, 5) is 11.9. The van der Waals surface area contributed by atoms with E-state index < -0.39 is 0 Å². The van der Waals surface area contributed by atoms with Crippen molar-refractivity contribution in [3.05, 3.63) is 11.9 Å². The topological polar surface area (TPSA) is 90.3 Å². The van der Waals surface area contributed by atoms with Crippen LogP contribution in [0.5, 0.6) is 0 Å². The predicted molar refractivity (Wildman–Crippen MR) is 76.2 cm³/mol. The van der Waals surface area contributed by atoms with E-state index in [9.17, 15) is 4.79 Å². The van der Waals surface area contributed by atoms with Gasteiger partial charge in [0.25, 0.3) is 5.91 Å². The number of nitrogens with zero attached hydrogens (tertiary/aromatic N) is 3. The number of hydrogen-bond donors (Lipinski definition) is 2. The minimum atomic E-state index is -0.217. The highest BCUT2D eigenvalue weighted by molar-refractivity contribution is 5.91. The summed E-state index contributed by atoms with van der Waals surface area (Å²) >= 11 is 0. The molecule has 2 N–H and O–H groups in total. The molecule has 1 saturated heterocycles. The SMILES string of the molecule is COCCOCCNC(=O)c1cn(C2CCNCC2)nn1. The summed E-state index contributed by atoms with van der Waals surface area (Å²) in [5, 5.41) is 14.1. The summed E-state index contributed by atoms with van der Waals surface area (Å²) in [5.41, 5.74) is 0.352. The molecule has 0 radical (unpaired) electrons. The molecule has 2 heterocycles. The number of methoxy groups -OCH3 is 1. The number of nitrogens with one attached hydrogen (secondary N) is 2. The first-order chi connectivity index (χ1) is 10.3. The fraction of sp³-hybridized carbons (Fsp3) is 0.769. The van der Waals surface area contributed by atoms with Gasteiger partial charge in [0, 0.05) is 13.7 Å². The molecule has 8 nitrogen and oxygen atoms in total. The number of piperidine rings is 1. The Bertz CT molecular complexity index is 431. The van der Waals surface area contributed by atoms with E-state index in [1.807, 2.05) is 0 Å². The zero-order valence-corrected chi connectivity index (χ0v) is 12.4. The van der Waals surface area contributed by atoms with Gasteiger partial charge in [0.15, 0.2) is 5.69 Å². The normalized spacial score (nSPS) is 16.0. The lowest BCUT2D eigenvalue weighted by molar-refractivity contribution is 0.0692. The molecule has 8 heteroatoms. The molecule has 1 aromatic rings. The number of hydrogen-bond acceptors (Lipinski definition) is 6. The van der Waals surface area contributed by atoms with Gasteiger partial charge in [0.2, 0.25) is 0 Å². The molecule has 0 aromatic carbocycles. The van der Waals surface area contributed by atoms with E-state index in [0.29, 0.717) is 38.1 Å². The summed E-state index contributed by atoms with van der Waals surface area (Å²) in [5.74, 6) is -0.217. The molecule has 118 valence electrons. The zero-order valence-electron chi connectivity index (χ0n) is 12.4. The van der Waals surface area contributed by atoms with Crippen molar-refractivity contribution in [2.45, 2.75) is 18.9 Å². The Hall–Kier alpha value is -1.51. The second-order valence-corrected chi connectivity index (χ2v) is 4.93. The molecule has 1 aromatic heterocycles. The number of aromatic nitrogens is 3. The van der Waals surface area contributed by atoms with E-state index in [2.05, 4.69) is 20.9 Å². The molecular formula is C13H23N5O3. The maximum Gasteiger partial charge on any atom is 0.273 e. The molecule has 1 fully saturated rings. The van der Waals surface area contributed by atoms with E-state index in [1.54, 1.807) is 18.0 Å². The van der Waals surface area contributed by atoms with Gasteiger partial charge in [-0.05, 0) is 25.9 Å². The lowest BCUT2D eigenvalue weighted by Crippen LogP contribution is -2.30. The van der Waals surface area contributed by atoms with Gasteiger partial charge in [-0.3, -0.25) is 4.79 Å². The largest absolute Gasteiger partial charge is 0.382 e. The molecule has 2 rings (SSSR count). The molecule has 0 bridgehead atoms. The van der Waals surface area contributed by atoms with Crippen LogP contribution in [0.2, 0.25) is 0 Å². The Kier molecular flexibility index (Phi) is 6.58. The van der Waals surface area contributed by atoms with Crippen LogP contribution in [0.3, 0.4) is 0 Å². The second-order valence-electron chi connectivity index (χ2n) is 4.93. The Morgan fingerprint density at radius 3 is 3.00 bits per heavy atom. The molecule has 0 saturated carbocycles. The molecule has 0 spiro atoms. The molecule has 1 aliphatic rings. The van der Waals surface area contributed by atoms with Crippen molar-refractivity contribution in [2.24, 2.45) is 0 Å². The number of rotatable bonds is 8. The molecule has 1 aliphatic heterocycles. The van der Waals surface area contributed by atoms with Crippen LogP contribution in [0, 0.1) is 0 Å². The van der Waals surface area contributed by atoms with Crippen LogP contribution in [0.25, 0.3) is 0 Å². The number of ether oxygens (including phenoxy) is 2. The standard InChI is InChI=1S/C13H23N5O3/c1-20-8-9-21-7-6-15-13(19)12-10-18(17-16-12)11-2-4-14-5-3-11/h10-11,14H,2-9H2,1H3,(H,15,19). The first-order valence-corrected chi connectivity index (χ1v) is 7.28. The van der Waals surface area contributed by atoms with Crippen molar-refractivity contribution in [2.75, 3.05) is 46.6 Å². The lowest BCUT2D eigenvalue weighted by atomic mass is 10.1. The van der Waals surface area contributed by atoms with Crippen LogP contribution >= 0.6 is 0 Å². The van der Waals surface area contributed by atoms with E-state index >= 15 is 0 Å². The van der Waals surface area contributed by atoms with Gasteiger partial charge in [0.1, 0.15) is 0 Å². The van der Waals surface area contributed by atoms with Gasteiger partial charge in [0.05, 0.1) is 32.1 Å². The first-order valence-electron chi connectivity index (χ1n) is 7.28. The first kappa shape index (κ1) is 15.9. The van der Waals surface area contributed by atoms with Gasteiger partial charge in [-0.2, -0.15) is 0 Å². The maximum absolute atomic E-state index is 11.9. The lowest BCUT2D eigenvalue weighted by Gasteiger charge is -2.22. The summed E-state index contributed by atoms with van der Waals surface area (Å²) < 4.78 is 11.9. The highest BCUT2D eigenvalue weighted by atomic mass is 16.5. The Morgan fingerprint density at radius 1 is 1.43 bits per heavy atom. The van der Waals surface area contributed by atoms with Crippen molar-refractivity contribution in [3.63, 3.8) is 0 Å². The third-order valence-electron chi connectivity index (χ3n) is 3.39. The van der Waals surface area contributed by atoms with Crippen LogP contribution in [0.4, 0.5) is 0 Å². The van der Waals surface area contributed by atoms with E-state index in [4.69, 9.17) is 9.47 Å². The minimum Gasteiger partial charge on any atom is -0.382 e. The van der Waals surface area contributed by atoms with Crippen LogP contribution < -0.4 is 10.6 Å². The number of amides is 1. The molecule has 1 amide bonds. The monoisotopic (exact) mass is 297 g/mol. The Morgan fingerprint density at radius 2 is 2.24 bits per heavy atom. The quantitative estimate of drug-likeness (QED) is 0.634. The van der Waals surface area contributed by atoms with Gasteiger partial charge < -0.3 is 20.1 Å². The van der Waals surface area contributed by atoms with Crippen LogP contribution in [0.15, 0.2) is 6.20 Å². The van der Waals surface area contributed by atoms with E-state index in [-0.39, 0.29) is 5.91 Å². The third-order valence-corrected chi connectivity index (χ3v) is 3.39. The predicted octanol–water partition coefficient (Wildman–Crippen LogP) is -0.405. The van der Waals surface area contributed by atoms with Crippen molar-refractivity contribution in [1.82, 2.24) is 25.6 Å². The Balaban J connectivity index is 1.71. The number of carbonyl (C=O) groups excluding carboxylic acids is 1. The third kappa shape index (κ3) is 5.07. The summed E-state index contributed by atoms with van der Waals surface area (Å²) in [7, 11) is 1.62. The summed E-state index contributed by atoms with van der Waals surface area (Å²) in [6.07, 6.45) is 3.74. The highest BCUT2D eigenvalue weighted by Crippen LogP contribution is 2.16. The Labute approximate surface area is 124 Å². The summed E-state index contributed by atoms with van der Waals surface area (Å²) in [6.45, 7) is 3.94.